The van der Waals surface area contributed by atoms with E-state index in [-0.39, 0.29) is 12.8 Å². The maximum Gasteiger partial charge on any atom is 0.460 e. The van der Waals surface area contributed by atoms with E-state index in [0.29, 0.717) is 6.42 Å². The van der Waals surface area contributed by atoms with Crippen molar-refractivity contribution in [2.24, 2.45) is 0 Å². The second-order valence-electron chi connectivity index (χ2n) is 10.9. The van der Waals surface area contributed by atoms with E-state index in [1.165, 1.54) is 89.9 Å². The van der Waals surface area contributed by atoms with Crippen LogP contribution in [0.3, 0.4) is 0 Å². The predicted molar refractivity (Wildman–Crippen MR) is 145 cm³/mol. The summed E-state index contributed by atoms with van der Waals surface area (Å²) < 4.78 is 98.3. The Bertz CT molecular complexity index is 684. The lowest BCUT2D eigenvalue weighted by Gasteiger charge is -2.27. The van der Waals surface area contributed by atoms with Crippen LogP contribution < -0.4 is 0 Å². The second kappa shape index (κ2) is 22.1. The van der Waals surface area contributed by atoms with Crippen molar-refractivity contribution >= 4 is 11.9 Å². The van der Waals surface area contributed by atoms with Crippen molar-refractivity contribution in [2.45, 2.75) is 172 Å². The normalized spacial score (nSPS) is 13.3. The highest BCUT2D eigenvalue weighted by Gasteiger charge is 2.77. The van der Waals surface area contributed by atoms with Crippen LogP contribution in [0.25, 0.3) is 0 Å². The standard InChI is InChI=1S/C30H51F7O4/c1-3-4-5-6-7-8-9-10-11-12-13-14-15-16-17-18-19-20-21-22-23-24-25(26(38)40-2)41-27(39)28(31,32)29(33,34)30(35,36)37/h25H,3-24H2,1-2H3. The van der Waals surface area contributed by atoms with Gasteiger partial charge in [0.05, 0.1) is 7.11 Å². The van der Waals surface area contributed by atoms with E-state index in [1.807, 2.05) is 0 Å². The van der Waals surface area contributed by atoms with Gasteiger partial charge in [-0.2, -0.15) is 30.7 Å². The quantitative estimate of drug-likeness (QED) is 0.0557. The molecule has 0 spiro atoms. The lowest BCUT2D eigenvalue weighted by atomic mass is 10.0. The molecule has 0 aliphatic rings. The number of hydrogen-bond donors (Lipinski definition) is 0. The van der Waals surface area contributed by atoms with Gasteiger partial charge in [0, 0.05) is 0 Å². The summed E-state index contributed by atoms with van der Waals surface area (Å²) in [6, 6.07) is 0. The Kier molecular flexibility index (Phi) is 21.2. The number of rotatable bonds is 26. The molecule has 0 radical (unpaired) electrons. The third-order valence-corrected chi connectivity index (χ3v) is 7.29. The number of esters is 2. The highest BCUT2D eigenvalue weighted by atomic mass is 19.4. The average Bonchev–Trinajstić information content (AvgIpc) is 2.91. The van der Waals surface area contributed by atoms with E-state index in [4.69, 9.17) is 0 Å². The first kappa shape index (κ1) is 39.5. The van der Waals surface area contributed by atoms with Crippen LogP contribution in [-0.4, -0.2) is 43.2 Å². The summed E-state index contributed by atoms with van der Waals surface area (Å²) in [5.74, 6) is -17.3. The average molecular weight is 609 g/mol. The zero-order valence-electron chi connectivity index (χ0n) is 24.9. The smallest absolute Gasteiger partial charge is 0.460 e. The molecule has 0 aliphatic heterocycles. The number of unbranched alkanes of at least 4 members (excludes halogenated alkanes) is 20. The fraction of sp³-hybridized carbons (Fsp3) is 0.933. The Balaban J connectivity index is 3.89. The van der Waals surface area contributed by atoms with E-state index < -0.39 is 36.1 Å². The van der Waals surface area contributed by atoms with Crippen LogP contribution >= 0.6 is 0 Å². The van der Waals surface area contributed by atoms with Crippen molar-refractivity contribution in [3.05, 3.63) is 0 Å². The lowest BCUT2D eigenvalue weighted by Crippen LogP contribution is -2.57. The van der Waals surface area contributed by atoms with Crippen LogP contribution in [0.1, 0.15) is 148 Å². The van der Waals surface area contributed by atoms with Gasteiger partial charge >= 0.3 is 30.0 Å². The highest BCUT2D eigenvalue weighted by molar-refractivity contribution is 5.83. The summed E-state index contributed by atoms with van der Waals surface area (Å²) in [6.45, 7) is 2.24. The van der Waals surface area contributed by atoms with Crippen molar-refractivity contribution in [3.8, 4) is 0 Å². The van der Waals surface area contributed by atoms with Gasteiger partial charge in [0.1, 0.15) is 0 Å². The van der Waals surface area contributed by atoms with Crippen LogP contribution in [-0.2, 0) is 19.1 Å². The largest absolute Gasteiger partial charge is 0.466 e. The molecule has 0 rings (SSSR count). The van der Waals surface area contributed by atoms with Gasteiger partial charge in [-0.05, 0) is 12.8 Å². The molecule has 0 heterocycles. The van der Waals surface area contributed by atoms with Gasteiger partial charge < -0.3 is 9.47 Å². The summed E-state index contributed by atoms with van der Waals surface area (Å²) in [6.07, 6.45) is 15.1. The predicted octanol–water partition coefficient (Wildman–Crippen LogP) is 10.5. The van der Waals surface area contributed by atoms with Crippen LogP contribution in [0, 0.1) is 0 Å². The molecular weight excluding hydrogens is 557 g/mol. The molecule has 4 nitrogen and oxygen atoms in total. The van der Waals surface area contributed by atoms with Crippen LogP contribution in [0.2, 0.25) is 0 Å². The van der Waals surface area contributed by atoms with Crippen molar-refractivity contribution in [3.63, 3.8) is 0 Å². The molecule has 41 heavy (non-hydrogen) atoms. The first-order valence-corrected chi connectivity index (χ1v) is 15.4. The summed E-state index contributed by atoms with van der Waals surface area (Å²) >= 11 is 0. The van der Waals surface area contributed by atoms with Gasteiger partial charge in [0.15, 0.2) is 6.10 Å². The number of halogens is 7. The second-order valence-corrected chi connectivity index (χ2v) is 10.9. The summed E-state index contributed by atoms with van der Waals surface area (Å²) in [5, 5.41) is 0. The van der Waals surface area contributed by atoms with Crippen molar-refractivity contribution in [1.29, 1.82) is 0 Å². The minimum atomic E-state index is -6.68. The monoisotopic (exact) mass is 608 g/mol. The van der Waals surface area contributed by atoms with E-state index >= 15 is 0 Å². The molecule has 0 bridgehead atoms. The maximum absolute atomic E-state index is 13.5. The topological polar surface area (TPSA) is 52.6 Å². The molecule has 0 aromatic rings. The van der Waals surface area contributed by atoms with Gasteiger partial charge in [0.25, 0.3) is 0 Å². The molecule has 0 aromatic carbocycles. The summed E-state index contributed by atoms with van der Waals surface area (Å²) in [7, 11) is 0.851. The van der Waals surface area contributed by atoms with Gasteiger partial charge in [-0.15, -0.1) is 0 Å². The summed E-state index contributed by atoms with van der Waals surface area (Å²) in [4.78, 5) is 23.2. The number of methoxy groups -OCH3 is 1. The molecule has 11 heteroatoms. The third-order valence-electron chi connectivity index (χ3n) is 7.29. The Hall–Kier alpha value is -1.55. The summed E-state index contributed by atoms with van der Waals surface area (Å²) in [5.41, 5.74) is 0. The van der Waals surface area contributed by atoms with Gasteiger partial charge in [-0.1, -0.05) is 135 Å². The first-order chi connectivity index (χ1) is 19.3. The number of carbonyl (C=O) groups is 2. The molecule has 0 aromatic heterocycles. The fourth-order valence-corrected chi connectivity index (χ4v) is 4.63. The fourth-order valence-electron chi connectivity index (χ4n) is 4.63. The number of carbonyl (C=O) groups excluding carboxylic acids is 2. The molecule has 0 aliphatic carbocycles. The van der Waals surface area contributed by atoms with Crippen molar-refractivity contribution < 1.29 is 49.8 Å². The molecular formula is C30H51F7O4. The SMILES string of the molecule is CCCCCCCCCCCCCCCCCCCCCCCC(OC(=O)C(F)(F)C(F)(F)C(F)(F)F)C(=O)OC. The molecule has 0 N–H and O–H groups in total. The van der Waals surface area contributed by atoms with Crippen molar-refractivity contribution in [1.82, 2.24) is 0 Å². The Labute approximate surface area is 241 Å². The zero-order valence-corrected chi connectivity index (χ0v) is 24.9. The third kappa shape index (κ3) is 16.6. The Morgan fingerprint density at radius 1 is 0.561 bits per heavy atom. The number of alkyl halides is 7. The van der Waals surface area contributed by atoms with E-state index in [2.05, 4.69) is 16.4 Å². The van der Waals surface area contributed by atoms with Gasteiger partial charge in [-0.3, -0.25) is 0 Å². The number of ether oxygens (including phenoxy) is 2. The van der Waals surface area contributed by atoms with E-state index in [0.717, 1.165) is 39.2 Å². The Morgan fingerprint density at radius 2 is 0.878 bits per heavy atom. The number of hydrogen-bond acceptors (Lipinski definition) is 4. The van der Waals surface area contributed by atoms with E-state index in [9.17, 15) is 40.3 Å². The molecule has 0 saturated carbocycles. The molecule has 0 saturated heterocycles. The van der Waals surface area contributed by atoms with Crippen LogP contribution in [0.15, 0.2) is 0 Å². The van der Waals surface area contributed by atoms with E-state index in [1.54, 1.807) is 0 Å². The molecule has 0 fully saturated rings. The maximum atomic E-state index is 13.5. The molecule has 244 valence electrons. The Morgan fingerprint density at radius 3 is 1.17 bits per heavy atom. The van der Waals surface area contributed by atoms with Crippen molar-refractivity contribution in [2.75, 3.05) is 7.11 Å². The van der Waals surface area contributed by atoms with Gasteiger partial charge in [0.2, 0.25) is 0 Å². The lowest BCUT2D eigenvalue weighted by molar-refractivity contribution is -0.349. The van der Waals surface area contributed by atoms with Gasteiger partial charge in [-0.25, -0.2) is 9.59 Å². The zero-order chi connectivity index (χ0) is 31.2. The molecule has 0 amide bonds. The minimum absolute atomic E-state index is 0.216. The van der Waals surface area contributed by atoms with Crippen LogP contribution in [0.5, 0.6) is 0 Å². The minimum Gasteiger partial charge on any atom is -0.466 e. The molecule has 1 atom stereocenters. The first-order valence-electron chi connectivity index (χ1n) is 15.4. The van der Waals surface area contributed by atoms with Crippen LogP contribution in [0.4, 0.5) is 30.7 Å². The molecule has 1 unspecified atom stereocenters. The highest BCUT2D eigenvalue weighted by Crippen LogP contribution is 2.47.